The Bertz CT molecular complexity index is 2330. The molecule has 0 spiro atoms. The van der Waals surface area contributed by atoms with Crippen LogP contribution in [0.1, 0.15) is 102 Å². The van der Waals surface area contributed by atoms with Crippen LogP contribution in [-0.2, 0) is 23.9 Å². The number of likely N-dealkylation sites (tertiary alicyclic amines) is 1. The number of rotatable bonds is 10. The molecule has 2 bridgehead atoms. The summed E-state index contributed by atoms with van der Waals surface area (Å²) in [7, 11) is 2.59. The van der Waals surface area contributed by atoms with E-state index in [4.69, 9.17) is 32.1 Å². The molecule has 4 fully saturated rings. The van der Waals surface area contributed by atoms with E-state index in [1.54, 1.807) is 11.1 Å². The van der Waals surface area contributed by atoms with Crippen LogP contribution in [0, 0.1) is 41.4 Å². The first-order chi connectivity index (χ1) is 29.1. The number of nitrogens with one attached hydrogen (secondary N) is 4. The van der Waals surface area contributed by atoms with Crippen molar-refractivity contribution in [1.82, 2.24) is 40.4 Å². The van der Waals surface area contributed by atoms with Crippen molar-refractivity contribution >= 4 is 47.7 Å². The summed E-state index contributed by atoms with van der Waals surface area (Å²) in [5.41, 5.74) is 4.98. The molecule has 8 unspecified atom stereocenters. The lowest BCUT2D eigenvalue weighted by Crippen LogP contribution is -2.61. The third-order valence-corrected chi connectivity index (χ3v) is 13.8. The van der Waals surface area contributed by atoms with Crippen LogP contribution < -0.4 is 10.6 Å². The fourth-order valence-corrected chi connectivity index (χ4v) is 9.82. The third kappa shape index (κ3) is 8.69. The van der Waals surface area contributed by atoms with E-state index >= 15 is 0 Å². The highest BCUT2D eigenvalue weighted by Crippen LogP contribution is 2.50. The van der Waals surface area contributed by atoms with Crippen LogP contribution >= 0.6 is 12.6 Å². The van der Waals surface area contributed by atoms with Crippen molar-refractivity contribution in [2.75, 3.05) is 20.8 Å². The Kier molecular flexibility index (Phi) is 12.8. The van der Waals surface area contributed by atoms with Crippen molar-refractivity contribution in [3.8, 4) is 23.1 Å². The van der Waals surface area contributed by atoms with E-state index in [1.807, 2.05) is 82.0 Å². The van der Waals surface area contributed by atoms with Gasteiger partial charge in [0.05, 0.1) is 43.2 Å². The van der Waals surface area contributed by atoms with Crippen molar-refractivity contribution in [2.24, 2.45) is 29.6 Å². The monoisotopic (exact) mass is 850 g/mol. The SMILES string of the molecule is COC(=O)NC(C(=O)N1C2CCC(C(C)C2)C1c1nc2ccc(C#Cc3ccc(-c4cnc(C5(S)CCCN5C(=O)C(NC(=O)OC)C(C)C(C)C)[nH]4)cc3)cc2[nH]1)C(C)C. The first-order valence-electron chi connectivity index (χ1n) is 21.4. The second-order valence-electron chi connectivity index (χ2n) is 17.6. The molecule has 8 rings (SSSR count). The first kappa shape index (κ1) is 43.6. The van der Waals surface area contributed by atoms with Crippen LogP contribution in [-0.4, -0.2) is 92.6 Å². The second kappa shape index (κ2) is 17.8. The number of fused-ring (bicyclic) bond motifs is 4. The molecule has 15 heteroatoms. The van der Waals surface area contributed by atoms with Crippen LogP contribution in [0.15, 0.2) is 48.7 Å². The molecule has 0 radical (unpaired) electrons. The van der Waals surface area contributed by atoms with Gasteiger partial charge >= 0.3 is 12.2 Å². The fourth-order valence-electron chi connectivity index (χ4n) is 9.35. The molecule has 1 aliphatic carbocycles. The Hall–Kier alpha value is -5.49. The van der Waals surface area contributed by atoms with Gasteiger partial charge in [0.25, 0.3) is 0 Å². The van der Waals surface area contributed by atoms with E-state index in [0.717, 1.165) is 64.9 Å². The van der Waals surface area contributed by atoms with E-state index in [2.05, 4.69) is 39.4 Å². The number of alkyl carbamates (subject to hydrolysis) is 2. The first-order valence-corrected chi connectivity index (χ1v) is 21.8. The minimum atomic E-state index is -0.977. The Morgan fingerprint density at radius 3 is 2.21 bits per heavy atom. The Morgan fingerprint density at radius 1 is 0.885 bits per heavy atom. The lowest BCUT2D eigenvalue weighted by atomic mass is 9.68. The summed E-state index contributed by atoms with van der Waals surface area (Å²) in [6.45, 7) is 12.6. The van der Waals surface area contributed by atoms with Gasteiger partial charge in [0, 0.05) is 23.7 Å². The average Bonchev–Trinajstić information content (AvgIpc) is 4.02. The molecule has 324 valence electrons. The zero-order valence-corrected chi connectivity index (χ0v) is 37.1. The number of hydrogen-bond acceptors (Lipinski definition) is 9. The predicted molar refractivity (Wildman–Crippen MR) is 235 cm³/mol. The number of piperidine rings is 2. The Morgan fingerprint density at radius 2 is 1.56 bits per heavy atom. The number of nitrogens with zero attached hydrogens (tertiary/aromatic N) is 4. The van der Waals surface area contributed by atoms with Gasteiger partial charge in [0.15, 0.2) is 0 Å². The van der Waals surface area contributed by atoms with Gasteiger partial charge in [-0.15, -0.1) is 12.6 Å². The summed E-state index contributed by atoms with van der Waals surface area (Å²) >= 11 is 5.05. The molecule has 4 N–H and O–H groups in total. The molecular formula is C46H58N8O6S. The molecule has 2 aromatic heterocycles. The van der Waals surface area contributed by atoms with Gasteiger partial charge in [0.2, 0.25) is 11.8 Å². The fraction of sp³-hybridized carbons (Fsp3) is 0.522. The lowest BCUT2D eigenvalue weighted by Gasteiger charge is -2.54. The molecule has 4 aromatic rings. The highest BCUT2D eigenvalue weighted by molar-refractivity contribution is 7.81. The van der Waals surface area contributed by atoms with E-state index < -0.39 is 29.1 Å². The predicted octanol–water partition coefficient (Wildman–Crippen LogP) is 7.14. The highest BCUT2D eigenvalue weighted by atomic mass is 32.1. The van der Waals surface area contributed by atoms with Gasteiger partial charge in [-0.2, -0.15) is 0 Å². The minimum absolute atomic E-state index is 0.0669. The largest absolute Gasteiger partial charge is 0.453 e. The molecule has 4 aliphatic rings. The molecule has 14 nitrogen and oxygen atoms in total. The van der Waals surface area contributed by atoms with Crippen LogP contribution in [0.25, 0.3) is 22.3 Å². The number of hydrogen-bond donors (Lipinski definition) is 5. The van der Waals surface area contributed by atoms with Crippen molar-refractivity contribution in [3.63, 3.8) is 0 Å². The van der Waals surface area contributed by atoms with Crippen LogP contribution in [0.5, 0.6) is 0 Å². The summed E-state index contributed by atoms with van der Waals surface area (Å²) < 4.78 is 9.70. The zero-order chi connectivity index (χ0) is 43.7. The molecule has 5 heterocycles. The maximum absolute atomic E-state index is 14.2. The van der Waals surface area contributed by atoms with Gasteiger partial charge in [-0.05, 0) is 97.6 Å². The molecule has 61 heavy (non-hydrogen) atoms. The van der Waals surface area contributed by atoms with Crippen LogP contribution in [0.3, 0.4) is 0 Å². The van der Waals surface area contributed by atoms with Gasteiger partial charge in [-0.25, -0.2) is 19.6 Å². The maximum atomic E-state index is 14.2. The van der Waals surface area contributed by atoms with Crippen molar-refractivity contribution in [2.45, 2.75) is 103 Å². The van der Waals surface area contributed by atoms with Crippen LogP contribution in [0.4, 0.5) is 9.59 Å². The smallest absolute Gasteiger partial charge is 0.407 e. The number of carbonyl (C=O) groups is 4. The van der Waals surface area contributed by atoms with E-state index in [0.29, 0.717) is 24.7 Å². The van der Waals surface area contributed by atoms with E-state index in [9.17, 15) is 19.2 Å². The minimum Gasteiger partial charge on any atom is -0.453 e. The van der Waals surface area contributed by atoms with Crippen LogP contribution in [0.2, 0.25) is 0 Å². The maximum Gasteiger partial charge on any atom is 0.407 e. The number of H-pyrrole nitrogens is 2. The molecule has 3 aliphatic heterocycles. The molecule has 8 atom stereocenters. The highest BCUT2D eigenvalue weighted by Gasteiger charge is 2.51. The number of amides is 4. The quantitative estimate of drug-likeness (QED) is 0.0827. The number of thiol groups is 1. The zero-order valence-electron chi connectivity index (χ0n) is 36.2. The molecule has 1 saturated carbocycles. The van der Waals surface area contributed by atoms with Crippen molar-refractivity contribution in [1.29, 1.82) is 0 Å². The van der Waals surface area contributed by atoms with Crippen molar-refractivity contribution in [3.05, 3.63) is 71.4 Å². The Balaban J connectivity index is 1.07. The molecular weight excluding hydrogens is 793 g/mol. The molecule has 3 saturated heterocycles. The van der Waals surface area contributed by atoms with Gasteiger partial charge in [0.1, 0.15) is 28.6 Å². The van der Waals surface area contributed by atoms with Gasteiger partial charge in [-0.3, -0.25) is 9.59 Å². The summed E-state index contributed by atoms with van der Waals surface area (Å²) in [5, 5.41) is 5.54. The lowest BCUT2D eigenvalue weighted by molar-refractivity contribution is -0.152. The van der Waals surface area contributed by atoms with Crippen molar-refractivity contribution < 1.29 is 28.7 Å². The summed E-state index contributed by atoms with van der Waals surface area (Å²) in [6, 6.07) is 12.1. The average molecular weight is 851 g/mol. The number of imidazole rings is 2. The second-order valence-corrected chi connectivity index (χ2v) is 18.3. The summed E-state index contributed by atoms with van der Waals surface area (Å²) in [5.74, 6) is 8.12. The summed E-state index contributed by atoms with van der Waals surface area (Å²) in [4.78, 5) is 72.1. The normalized spacial score (nSPS) is 23.7. The van der Waals surface area contributed by atoms with E-state index in [1.165, 1.54) is 14.2 Å². The number of ether oxygens (including phenoxy) is 2. The number of methoxy groups -OCH3 is 2. The van der Waals surface area contributed by atoms with Gasteiger partial charge < -0.3 is 39.9 Å². The Labute approximate surface area is 363 Å². The number of carbonyl (C=O) groups excluding carboxylic acids is 4. The number of aromatic nitrogens is 4. The summed E-state index contributed by atoms with van der Waals surface area (Å²) in [6.07, 6.45) is 4.69. The third-order valence-electron chi connectivity index (χ3n) is 13.2. The topological polar surface area (TPSA) is 175 Å². The number of aromatic amines is 2. The molecule has 2 aromatic carbocycles. The van der Waals surface area contributed by atoms with Gasteiger partial charge in [-0.1, -0.05) is 65.5 Å². The molecule has 4 amide bonds. The standard InChI is InChI=1S/C46H58N8O6S/c1-25(2)28(6)38(52-45(58)60-8)41(55)53-21-9-20-46(53,61)43-47-24-36(50-43)31-15-12-29(13-16-31)10-11-30-14-19-34-35(23-30)49-40(48-34)39-33-18-17-32(22-27(33)5)54(39)42(56)37(26(3)4)51-44(57)59-7/h12-16,19,23-28,32-33,37-39,61H,9,17-18,20-22H2,1-8H3,(H,47,50)(H,48,49)(H,51,57)(H,52,58). The van der Waals surface area contributed by atoms with E-state index in [-0.39, 0.29) is 47.6 Å². The number of benzene rings is 2.